The van der Waals surface area contributed by atoms with Crippen molar-refractivity contribution in [2.45, 2.75) is 26.8 Å². The highest BCUT2D eigenvalue weighted by atomic mass is 32.2. The van der Waals surface area contributed by atoms with Gasteiger partial charge in [0.2, 0.25) is 15.9 Å². The second-order valence-corrected chi connectivity index (χ2v) is 9.82. The third kappa shape index (κ3) is 3.09. The number of carbonyl (C=O) groups excluding carboxylic acids is 2. The Morgan fingerprint density at radius 2 is 1.75 bits per heavy atom. The molecule has 0 spiro atoms. The summed E-state index contributed by atoms with van der Waals surface area (Å²) in [6.07, 6.45) is 0.786. The van der Waals surface area contributed by atoms with E-state index < -0.39 is 21.3 Å². The topological polar surface area (TPSA) is 74.8 Å². The van der Waals surface area contributed by atoms with Crippen LogP contribution in [0.3, 0.4) is 0 Å². The summed E-state index contributed by atoms with van der Waals surface area (Å²) >= 11 is 0. The maximum atomic E-state index is 13.0. The zero-order chi connectivity index (χ0) is 20.1. The van der Waals surface area contributed by atoms with E-state index in [0.29, 0.717) is 18.7 Å². The monoisotopic (exact) mass is 398 g/mol. The second-order valence-electron chi connectivity index (χ2n) is 8.01. The van der Waals surface area contributed by atoms with Crippen molar-refractivity contribution in [2.75, 3.05) is 16.6 Å². The van der Waals surface area contributed by atoms with Crippen LogP contribution < -0.4 is 4.31 Å². The minimum absolute atomic E-state index is 0.167. The van der Waals surface area contributed by atoms with Crippen LogP contribution in [0.15, 0.2) is 48.5 Å². The summed E-state index contributed by atoms with van der Waals surface area (Å²) in [5.41, 5.74) is 1.99. The van der Waals surface area contributed by atoms with Gasteiger partial charge in [-0.25, -0.2) is 12.7 Å². The zero-order valence-electron chi connectivity index (χ0n) is 15.9. The van der Waals surface area contributed by atoms with Gasteiger partial charge in [0, 0.05) is 18.7 Å². The van der Waals surface area contributed by atoms with Gasteiger partial charge in [-0.2, -0.15) is 0 Å². The van der Waals surface area contributed by atoms with E-state index in [9.17, 15) is 18.0 Å². The number of sulfonamides is 1. The SMILES string of the molecule is CC1(C)CS(=O)(=O)N(c2cccc(C(=O)N3CCc4ccccc4C3)c2)C1=O. The smallest absolute Gasteiger partial charge is 0.254 e. The fourth-order valence-corrected chi connectivity index (χ4v) is 5.98. The molecule has 4 rings (SSSR count). The first kappa shape index (κ1) is 18.7. The lowest BCUT2D eigenvalue weighted by Crippen LogP contribution is -2.36. The molecule has 2 aromatic rings. The molecule has 0 N–H and O–H groups in total. The number of hydrogen-bond acceptors (Lipinski definition) is 4. The van der Waals surface area contributed by atoms with Crippen LogP contribution in [0.5, 0.6) is 0 Å². The van der Waals surface area contributed by atoms with E-state index in [4.69, 9.17) is 0 Å². The second kappa shape index (κ2) is 6.44. The number of carbonyl (C=O) groups is 2. The summed E-state index contributed by atoms with van der Waals surface area (Å²) < 4.78 is 25.9. The summed E-state index contributed by atoms with van der Waals surface area (Å²) in [6.45, 7) is 4.36. The highest BCUT2D eigenvalue weighted by molar-refractivity contribution is 7.94. The number of fused-ring (bicyclic) bond motifs is 1. The molecule has 0 saturated carbocycles. The molecule has 0 aliphatic carbocycles. The summed E-state index contributed by atoms with van der Waals surface area (Å²) in [4.78, 5) is 27.4. The first-order valence-electron chi connectivity index (χ1n) is 9.23. The highest BCUT2D eigenvalue weighted by Crippen LogP contribution is 2.36. The highest BCUT2D eigenvalue weighted by Gasteiger charge is 2.50. The number of hydrogen-bond donors (Lipinski definition) is 0. The number of anilines is 1. The average Bonchev–Trinajstić information content (AvgIpc) is 2.83. The number of amides is 2. The molecule has 2 aliphatic heterocycles. The van der Waals surface area contributed by atoms with Crippen molar-refractivity contribution in [3.05, 3.63) is 65.2 Å². The summed E-state index contributed by atoms with van der Waals surface area (Å²) in [5, 5.41) is 0. The van der Waals surface area contributed by atoms with Gasteiger partial charge in [0.05, 0.1) is 16.9 Å². The normalized spacial score (nSPS) is 20.1. The Bertz CT molecular complexity index is 1080. The largest absolute Gasteiger partial charge is 0.334 e. The predicted molar refractivity (Wildman–Crippen MR) is 106 cm³/mol. The van der Waals surface area contributed by atoms with Crippen LogP contribution >= 0.6 is 0 Å². The molecular weight excluding hydrogens is 376 g/mol. The molecule has 0 bridgehead atoms. The van der Waals surface area contributed by atoms with Gasteiger partial charge in [-0.05, 0) is 49.6 Å². The van der Waals surface area contributed by atoms with Crippen molar-refractivity contribution >= 4 is 27.5 Å². The quantitative estimate of drug-likeness (QED) is 0.779. The lowest BCUT2D eigenvalue weighted by atomic mass is 9.95. The maximum Gasteiger partial charge on any atom is 0.254 e. The van der Waals surface area contributed by atoms with Crippen molar-refractivity contribution in [2.24, 2.45) is 5.41 Å². The standard InChI is InChI=1S/C21H22N2O4S/c1-21(2)14-28(26,27)23(20(21)25)18-9-5-8-16(12-18)19(24)22-11-10-15-6-3-4-7-17(15)13-22/h3-9,12H,10-11,13-14H2,1-2H3. The molecule has 0 radical (unpaired) electrons. The third-order valence-corrected chi connectivity index (χ3v) is 7.35. The number of rotatable bonds is 2. The predicted octanol–water partition coefficient (Wildman–Crippen LogP) is 2.59. The Morgan fingerprint density at radius 1 is 1.04 bits per heavy atom. The van der Waals surface area contributed by atoms with Gasteiger partial charge in [0.15, 0.2) is 0 Å². The van der Waals surface area contributed by atoms with Crippen LogP contribution in [0.25, 0.3) is 0 Å². The van der Waals surface area contributed by atoms with E-state index in [1.165, 1.54) is 11.6 Å². The lowest BCUT2D eigenvalue weighted by Gasteiger charge is -2.29. The van der Waals surface area contributed by atoms with Gasteiger partial charge in [-0.3, -0.25) is 9.59 Å². The molecule has 2 heterocycles. The van der Waals surface area contributed by atoms with E-state index >= 15 is 0 Å². The molecule has 2 aromatic carbocycles. The fraction of sp³-hybridized carbons (Fsp3) is 0.333. The van der Waals surface area contributed by atoms with Crippen LogP contribution in [-0.4, -0.2) is 37.4 Å². The van der Waals surface area contributed by atoms with Crippen molar-refractivity contribution < 1.29 is 18.0 Å². The van der Waals surface area contributed by atoms with Crippen molar-refractivity contribution in [3.8, 4) is 0 Å². The Balaban J connectivity index is 1.63. The molecule has 0 atom stereocenters. The molecule has 2 amide bonds. The molecule has 6 nitrogen and oxygen atoms in total. The molecule has 146 valence electrons. The first-order valence-corrected chi connectivity index (χ1v) is 10.8. The molecule has 0 aromatic heterocycles. The molecular formula is C21H22N2O4S. The molecule has 28 heavy (non-hydrogen) atoms. The average molecular weight is 398 g/mol. The van der Waals surface area contributed by atoms with E-state index in [1.54, 1.807) is 36.9 Å². The van der Waals surface area contributed by atoms with Crippen molar-refractivity contribution in [1.29, 1.82) is 0 Å². The van der Waals surface area contributed by atoms with E-state index in [-0.39, 0.29) is 17.3 Å². The van der Waals surface area contributed by atoms with Gasteiger partial charge in [-0.1, -0.05) is 30.3 Å². The summed E-state index contributed by atoms with van der Waals surface area (Å²) in [6, 6.07) is 14.4. The van der Waals surface area contributed by atoms with Crippen LogP contribution in [-0.2, 0) is 27.8 Å². The first-order chi connectivity index (χ1) is 13.2. The van der Waals surface area contributed by atoms with Crippen LogP contribution in [0.4, 0.5) is 5.69 Å². The van der Waals surface area contributed by atoms with Gasteiger partial charge < -0.3 is 4.90 Å². The Hall–Kier alpha value is -2.67. The zero-order valence-corrected chi connectivity index (χ0v) is 16.7. The minimum Gasteiger partial charge on any atom is -0.334 e. The van der Waals surface area contributed by atoms with E-state index in [2.05, 4.69) is 6.07 Å². The Morgan fingerprint density at radius 3 is 2.43 bits per heavy atom. The maximum absolute atomic E-state index is 13.0. The fourth-order valence-electron chi connectivity index (χ4n) is 3.88. The summed E-state index contributed by atoms with van der Waals surface area (Å²) in [7, 11) is -3.75. The lowest BCUT2D eigenvalue weighted by molar-refractivity contribution is -0.123. The van der Waals surface area contributed by atoms with Crippen LogP contribution in [0.2, 0.25) is 0 Å². The third-order valence-electron chi connectivity index (χ3n) is 5.33. The number of benzene rings is 2. The minimum atomic E-state index is -3.75. The molecule has 0 unspecified atom stereocenters. The molecule has 1 saturated heterocycles. The van der Waals surface area contributed by atoms with E-state index in [1.807, 2.05) is 18.2 Å². The summed E-state index contributed by atoms with van der Waals surface area (Å²) in [5.74, 6) is -0.872. The molecule has 2 aliphatic rings. The van der Waals surface area contributed by atoms with Crippen molar-refractivity contribution in [1.82, 2.24) is 4.90 Å². The van der Waals surface area contributed by atoms with Gasteiger partial charge in [-0.15, -0.1) is 0 Å². The van der Waals surface area contributed by atoms with Gasteiger partial charge in [0.1, 0.15) is 0 Å². The van der Waals surface area contributed by atoms with Crippen LogP contribution in [0.1, 0.15) is 35.3 Å². The van der Waals surface area contributed by atoms with Crippen molar-refractivity contribution in [3.63, 3.8) is 0 Å². The van der Waals surface area contributed by atoms with Gasteiger partial charge >= 0.3 is 0 Å². The number of nitrogens with zero attached hydrogens (tertiary/aromatic N) is 2. The molecule has 7 heteroatoms. The van der Waals surface area contributed by atoms with E-state index in [0.717, 1.165) is 16.3 Å². The van der Waals surface area contributed by atoms with Crippen LogP contribution in [0, 0.1) is 5.41 Å². The Labute approximate surface area is 164 Å². The molecule has 1 fully saturated rings. The van der Waals surface area contributed by atoms with Gasteiger partial charge in [0.25, 0.3) is 5.91 Å². The Kier molecular flexibility index (Phi) is 4.30.